The highest BCUT2D eigenvalue weighted by Gasteiger charge is 2.11. The molecule has 4 rings (SSSR count). The summed E-state index contributed by atoms with van der Waals surface area (Å²) in [5.74, 6) is 0. The van der Waals surface area contributed by atoms with E-state index in [2.05, 4.69) is 15.3 Å². The average molecular weight is 272 g/mol. The van der Waals surface area contributed by atoms with E-state index in [1.165, 1.54) is 0 Å². The molecule has 0 spiro atoms. The van der Waals surface area contributed by atoms with Crippen LogP contribution in [0, 0.1) is 0 Å². The molecule has 0 saturated carbocycles. The Morgan fingerprint density at radius 2 is 1.62 bits per heavy atom. The third kappa shape index (κ3) is 1.97. The van der Waals surface area contributed by atoms with Gasteiger partial charge in [0.05, 0.1) is 16.9 Å². The predicted octanol–water partition coefficient (Wildman–Crippen LogP) is 3.46. The Balaban J connectivity index is 1.96. The SMILES string of the molecule is c1ccc(-c2nnn3c(-c4ccccn4)cccc23)cc1. The Bertz CT molecular complexity index is 882. The van der Waals surface area contributed by atoms with Crippen LogP contribution in [0.5, 0.6) is 0 Å². The lowest BCUT2D eigenvalue weighted by Crippen LogP contribution is -1.95. The van der Waals surface area contributed by atoms with Crippen molar-refractivity contribution in [3.8, 4) is 22.6 Å². The number of benzene rings is 1. The van der Waals surface area contributed by atoms with E-state index in [0.29, 0.717) is 0 Å². The first kappa shape index (κ1) is 11.8. The number of hydrogen-bond donors (Lipinski definition) is 0. The summed E-state index contributed by atoms with van der Waals surface area (Å²) in [5.41, 5.74) is 4.73. The molecule has 0 atom stereocenters. The molecule has 21 heavy (non-hydrogen) atoms. The number of fused-ring (bicyclic) bond motifs is 1. The third-order valence-electron chi connectivity index (χ3n) is 3.42. The van der Waals surface area contributed by atoms with E-state index < -0.39 is 0 Å². The van der Waals surface area contributed by atoms with Crippen LogP contribution in [0.3, 0.4) is 0 Å². The zero-order valence-electron chi connectivity index (χ0n) is 11.2. The first-order chi connectivity index (χ1) is 10.4. The molecule has 0 aliphatic rings. The standard InChI is InChI=1S/C17H12N4/c1-2-7-13(8-3-1)17-16-11-6-10-15(21(16)20-19-17)14-9-4-5-12-18-14/h1-12H. The van der Waals surface area contributed by atoms with Gasteiger partial charge >= 0.3 is 0 Å². The van der Waals surface area contributed by atoms with Crippen LogP contribution in [-0.2, 0) is 0 Å². The molecule has 0 unspecified atom stereocenters. The normalized spacial score (nSPS) is 10.9. The third-order valence-corrected chi connectivity index (χ3v) is 3.42. The first-order valence-electron chi connectivity index (χ1n) is 6.75. The fourth-order valence-corrected chi connectivity index (χ4v) is 2.43. The van der Waals surface area contributed by atoms with Crippen LogP contribution >= 0.6 is 0 Å². The maximum atomic E-state index is 4.39. The Kier molecular flexibility index (Phi) is 2.71. The highest BCUT2D eigenvalue weighted by molar-refractivity contribution is 5.78. The molecule has 0 fully saturated rings. The maximum Gasteiger partial charge on any atom is 0.120 e. The predicted molar refractivity (Wildman–Crippen MR) is 81.7 cm³/mol. The van der Waals surface area contributed by atoms with Gasteiger partial charge in [0.2, 0.25) is 0 Å². The Hall–Kier alpha value is -3.01. The molecule has 4 heteroatoms. The fourth-order valence-electron chi connectivity index (χ4n) is 2.43. The molecule has 3 heterocycles. The Labute approximate surface area is 121 Å². The molecule has 0 aliphatic carbocycles. The zero-order valence-corrected chi connectivity index (χ0v) is 11.2. The molecule has 0 aliphatic heterocycles. The van der Waals surface area contributed by atoms with Crippen molar-refractivity contribution in [2.45, 2.75) is 0 Å². The minimum atomic E-state index is 0.882. The van der Waals surface area contributed by atoms with Crippen molar-refractivity contribution in [1.82, 2.24) is 19.8 Å². The summed E-state index contributed by atoms with van der Waals surface area (Å²) in [4.78, 5) is 4.39. The molecule has 100 valence electrons. The van der Waals surface area contributed by atoms with Gasteiger partial charge in [-0.2, -0.15) is 0 Å². The van der Waals surface area contributed by atoms with E-state index >= 15 is 0 Å². The summed E-state index contributed by atoms with van der Waals surface area (Å²) >= 11 is 0. The van der Waals surface area contributed by atoms with E-state index in [1.807, 2.05) is 71.2 Å². The number of pyridine rings is 2. The second-order valence-electron chi connectivity index (χ2n) is 4.73. The minimum absolute atomic E-state index is 0.882. The summed E-state index contributed by atoms with van der Waals surface area (Å²) in [6, 6.07) is 22.0. The van der Waals surface area contributed by atoms with Crippen LogP contribution in [0.15, 0.2) is 72.9 Å². The average Bonchev–Trinajstić information content (AvgIpc) is 3.00. The number of nitrogens with zero attached hydrogens (tertiary/aromatic N) is 4. The van der Waals surface area contributed by atoms with Gasteiger partial charge in [0.1, 0.15) is 5.69 Å². The molecule has 0 radical (unpaired) electrons. The molecule has 3 aromatic heterocycles. The summed E-state index contributed by atoms with van der Waals surface area (Å²) in [7, 11) is 0. The van der Waals surface area contributed by atoms with Gasteiger partial charge in [-0.3, -0.25) is 4.98 Å². The molecule has 0 saturated heterocycles. The monoisotopic (exact) mass is 272 g/mol. The summed E-state index contributed by atoms with van der Waals surface area (Å²) in [6.07, 6.45) is 1.78. The molecule has 0 amide bonds. The van der Waals surface area contributed by atoms with Gasteiger partial charge in [-0.1, -0.05) is 47.7 Å². The molecular formula is C17H12N4. The smallest absolute Gasteiger partial charge is 0.120 e. The largest absolute Gasteiger partial charge is 0.255 e. The molecule has 4 nitrogen and oxygen atoms in total. The lowest BCUT2D eigenvalue weighted by atomic mass is 10.1. The van der Waals surface area contributed by atoms with Gasteiger partial charge in [-0.25, -0.2) is 4.52 Å². The van der Waals surface area contributed by atoms with Crippen molar-refractivity contribution in [2.75, 3.05) is 0 Å². The van der Waals surface area contributed by atoms with Gasteiger partial charge < -0.3 is 0 Å². The number of hydrogen-bond acceptors (Lipinski definition) is 3. The van der Waals surface area contributed by atoms with E-state index in [1.54, 1.807) is 6.20 Å². The minimum Gasteiger partial charge on any atom is -0.255 e. The maximum absolute atomic E-state index is 4.39. The first-order valence-corrected chi connectivity index (χ1v) is 6.75. The van der Waals surface area contributed by atoms with Gasteiger partial charge in [0.25, 0.3) is 0 Å². The van der Waals surface area contributed by atoms with Gasteiger partial charge in [0, 0.05) is 11.8 Å². The Morgan fingerprint density at radius 3 is 2.43 bits per heavy atom. The fraction of sp³-hybridized carbons (Fsp3) is 0. The second kappa shape index (κ2) is 4.83. The number of aromatic nitrogens is 4. The second-order valence-corrected chi connectivity index (χ2v) is 4.73. The lowest BCUT2D eigenvalue weighted by molar-refractivity contribution is 0.860. The van der Waals surface area contributed by atoms with E-state index in [-0.39, 0.29) is 0 Å². The quantitative estimate of drug-likeness (QED) is 0.561. The molecule has 1 aromatic carbocycles. The molecule has 0 bridgehead atoms. The topological polar surface area (TPSA) is 43.1 Å². The van der Waals surface area contributed by atoms with Crippen molar-refractivity contribution in [3.63, 3.8) is 0 Å². The molecule has 4 aromatic rings. The van der Waals surface area contributed by atoms with E-state index in [4.69, 9.17) is 0 Å². The van der Waals surface area contributed by atoms with E-state index in [9.17, 15) is 0 Å². The van der Waals surface area contributed by atoms with Gasteiger partial charge in [-0.05, 0) is 24.3 Å². The molecular weight excluding hydrogens is 260 g/mol. The summed E-state index contributed by atoms with van der Waals surface area (Å²) in [6.45, 7) is 0. The van der Waals surface area contributed by atoms with Crippen molar-refractivity contribution < 1.29 is 0 Å². The van der Waals surface area contributed by atoms with Crippen LogP contribution in [0.2, 0.25) is 0 Å². The number of rotatable bonds is 2. The zero-order chi connectivity index (χ0) is 14.1. The highest BCUT2D eigenvalue weighted by Crippen LogP contribution is 2.25. The highest BCUT2D eigenvalue weighted by atomic mass is 15.4. The van der Waals surface area contributed by atoms with Gasteiger partial charge in [-0.15, -0.1) is 5.10 Å². The Morgan fingerprint density at radius 1 is 0.762 bits per heavy atom. The van der Waals surface area contributed by atoms with Crippen LogP contribution < -0.4 is 0 Å². The van der Waals surface area contributed by atoms with Crippen LogP contribution in [0.1, 0.15) is 0 Å². The summed E-state index contributed by atoms with van der Waals surface area (Å²) < 4.78 is 1.84. The van der Waals surface area contributed by atoms with Crippen molar-refractivity contribution >= 4 is 5.52 Å². The van der Waals surface area contributed by atoms with Crippen molar-refractivity contribution in [2.24, 2.45) is 0 Å². The van der Waals surface area contributed by atoms with Gasteiger partial charge in [0.15, 0.2) is 0 Å². The van der Waals surface area contributed by atoms with Crippen molar-refractivity contribution in [1.29, 1.82) is 0 Å². The van der Waals surface area contributed by atoms with E-state index in [0.717, 1.165) is 28.2 Å². The lowest BCUT2D eigenvalue weighted by Gasteiger charge is -2.03. The van der Waals surface area contributed by atoms with Crippen LogP contribution in [0.4, 0.5) is 0 Å². The van der Waals surface area contributed by atoms with Crippen LogP contribution in [0.25, 0.3) is 28.2 Å². The molecule has 0 N–H and O–H groups in total. The van der Waals surface area contributed by atoms with Crippen molar-refractivity contribution in [3.05, 3.63) is 72.9 Å². The van der Waals surface area contributed by atoms with Crippen LogP contribution in [-0.4, -0.2) is 19.8 Å². The summed E-state index contributed by atoms with van der Waals surface area (Å²) in [5, 5.41) is 8.63.